The maximum Gasteiger partial charge on any atom is 0.338 e. The van der Waals surface area contributed by atoms with Gasteiger partial charge in [0.25, 0.3) is 0 Å². The van der Waals surface area contributed by atoms with Crippen molar-refractivity contribution in [2.24, 2.45) is 28.4 Å². The molecule has 14 heteroatoms. The summed E-state index contributed by atoms with van der Waals surface area (Å²) in [4.78, 5) is 70.5. The number of hydrogen-bond acceptors (Lipinski definition) is 12. The lowest BCUT2D eigenvalue weighted by molar-refractivity contribution is -0.246. The molecule has 2 heterocycles. The third-order valence-electron chi connectivity index (χ3n) is 15.0. The molecule has 0 unspecified atom stereocenters. The van der Waals surface area contributed by atoms with Crippen LogP contribution in [0.2, 0.25) is 0 Å². The predicted octanol–water partition coefficient (Wildman–Crippen LogP) is 6.87. The van der Waals surface area contributed by atoms with Gasteiger partial charge < -0.3 is 35.1 Å². The van der Waals surface area contributed by atoms with Gasteiger partial charge in [0.05, 0.1) is 29.3 Å². The quantitative estimate of drug-likeness (QED) is 0.133. The van der Waals surface area contributed by atoms with E-state index in [1.54, 1.807) is 63.5 Å². The molecule has 0 bridgehead atoms. The van der Waals surface area contributed by atoms with Crippen molar-refractivity contribution < 1.29 is 52.4 Å². The third-order valence-corrected chi connectivity index (χ3v) is 15.0. The summed E-state index contributed by atoms with van der Waals surface area (Å²) in [6, 6.07) is 20.1. The molecular weight excluding hydrogens is 834 g/mol. The number of fused-ring (bicyclic) bond motifs is 8. The van der Waals surface area contributed by atoms with Crippen LogP contribution in [0.25, 0.3) is 10.8 Å². The van der Waals surface area contributed by atoms with E-state index in [2.05, 4.69) is 10.3 Å². The molecule has 9 rings (SSSR count). The number of nitrogens with two attached hydrogens (primary N) is 1. The van der Waals surface area contributed by atoms with E-state index >= 15 is 4.39 Å². The van der Waals surface area contributed by atoms with E-state index in [1.165, 1.54) is 36.4 Å². The molecule has 4 aliphatic carbocycles. The largest absolute Gasteiger partial charge is 0.457 e. The average molecular weight is 886 g/mol. The molecule has 1 aliphatic heterocycles. The van der Waals surface area contributed by atoms with Crippen molar-refractivity contribution in [1.29, 1.82) is 0 Å². The van der Waals surface area contributed by atoms with Crippen molar-refractivity contribution in [3.63, 3.8) is 0 Å². The fourth-order valence-corrected chi connectivity index (χ4v) is 11.7. The van der Waals surface area contributed by atoms with Crippen LogP contribution in [0.5, 0.6) is 0 Å². The first-order chi connectivity index (χ1) is 30.9. The highest BCUT2D eigenvalue weighted by Crippen LogP contribution is 2.72. The molecule has 1 saturated heterocycles. The van der Waals surface area contributed by atoms with Crippen LogP contribution in [0.3, 0.4) is 0 Å². The minimum absolute atomic E-state index is 0.0545. The number of carbonyl (C=O) groups is 5. The number of alkyl halides is 1. The molecule has 9 atom stereocenters. The van der Waals surface area contributed by atoms with Crippen LogP contribution < -0.4 is 11.1 Å². The minimum atomic E-state index is -2.11. The Morgan fingerprint density at radius 2 is 1.65 bits per heavy atom. The molecule has 5 aliphatic rings. The van der Waals surface area contributed by atoms with Gasteiger partial charge in [0.15, 0.2) is 29.4 Å². The summed E-state index contributed by atoms with van der Waals surface area (Å²) < 4.78 is 41.8. The standard InChI is InChI=1S/C51H52FN3O10/c1-47(2)64-43-23-40-39-16-14-35-22-37(56)17-19-48(35,3)50(39,52)41(57)24-49(40,4)51(43,65-47)42(58)28-63-46(61)32-11-9-31(10-12-32)45(60)62-27-29-5-7-30(8-6-29)38(25-53)44(59)55-36-15-13-34-26-54-20-18-33(34)21-36/h5-13,15,17-22,26,38-41,43,57H,14,16,23-25,27-28,53H2,1-4H3,(H,55,59)/t38-,39+,40+,41+,43-,48+,49+,50+,51-/m1/s1. The van der Waals surface area contributed by atoms with Crippen LogP contribution in [0.1, 0.15) is 91.1 Å². The number of aromatic nitrogens is 1. The minimum Gasteiger partial charge on any atom is -0.457 e. The number of pyridine rings is 1. The highest BCUT2D eigenvalue weighted by atomic mass is 19.1. The van der Waals surface area contributed by atoms with E-state index in [4.69, 9.17) is 24.7 Å². The van der Waals surface area contributed by atoms with Crippen LogP contribution in [-0.2, 0) is 39.9 Å². The molecule has 4 fully saturated rings. The van der Waals surface area contributed by atoms with E-state index in [0.717, 1.165) is 10.8 Å². The normalized spacial score (nSPS) is 31.1. The van der Waals surface area contributed by atoms with E-state index < -0.39 is 82.2 Å². The monoisotopic (exact) mass is 885 g/mol. The zero-order valence-corrected chi connectivity index (χ0v) is 36.7. The van der Waals surface area contributed by atoms with Gasteiger partial charge in [-0.15, -0.1) is 0 Å². The number of aliphatic hydroxyl groups excluding tert-OH is 1. The Kier molecular flexibility index (Phi) is 11.0. The number of ketones is 2. The molecule has 1 aromatic heterocycles. The summed E-state index contributed by atoms with van der Waals surface area (Å²) in [6.07, 6.45) is 6.59. The molecule has 0 spiro atoms. The Morgan fingerprint density at radius 3 is 2.35 bits per heavy atom. The number of aliphatic hydroxyl groups is 1. The number of Topliss-reactive ketones (excluding diaryl/α,β-unsaturated/α-hetero) is 1. The van der Waals surface area contributed by atoms with Gasteiger partial charge >= 0.3 is 11.9 Å². The second kappa shape index (κ2) is 16.2. The van der Waals surface area contributed by atoms with Crippen LogP contribution in [0, 0.1) is 22.7 Å². The number of amides is 1. The summed E-state index contributed by atoms with van der Waals surface area (Å²) in [5, 5.41) is 16.7. The number of benzene rings is 3. The SMILES string of the molecule is CC1(C)O[C@@H]2C[C@H]3[C@@H]4CCC5=CC(=O)C=C[C@]5(C)[C@@]4(F)[C@@H](O)C[C@]3(C)[C@]2(C(=O)COC(=O)c2ccc(C(=O)OCc3ccc([C@@H](CN)C(=O)Nc4ccc5cnccc5c4)cc3)cc2)O1. The lowest BCUT2D eigenvalue weighted by Crippen LogP contribution is -2.70. The summed E-state index contributed by atoms with van der Waals surface area (Å²) in [5.41, 5.74) is 2.91. The van der Waals surface area contributed by atoms with Crippen molar-refractivity contribution in [2.45, 2.75) is 95.2 Å². The highest BCUT2D eigenvalue weighted by molar-refractivity contribution is 6.01. The van der Waals surface area contributed by atoms with Gasteiger partial charge in [-0.05, 0) is 124 Å². The number of carbonyl (C=O) groups excluding carboxylic acids is 5. The number of halogens is 1. The number of nitrogens with zero attached hydrogens (tertiary/aromatic N) is 1. The number of esters is 2. The van der Waals surface area contributed by atoms with Gasteiger partial charge in [-0.1, -0.05) is 48.9 Å². The molecule has 1 amide bonds. The number of rotatable bonds is 11. The lowest BCUT2D eigenvalue weighted by Gasteiger charge is -2.62. The topological polar surface area (TPSA) is 193 Å². The van der Waals surface area contributed by atoms with Gasteiger partial charge in [-0.3, -0.25) is 19.4 Å². The van der Waals surface area contributed by atoms with Crippen LogP contribution >= 0.6 is 0 Å². The molecule has 65 heavy (non-hydrogen) atoms. The molecule has 13 nitrogen and oxygen atoms in total. The van der Waals surface area contributed by atoms with E-state index in [0.29, 0.717) is 41.6 Å². The number of ether oxygens (including phenoxy) is 4. The number of hydrogen-bond donors (Lipinski definition) is 3. The summed E-state index contributed by atoms with van der Waals surface area (Å²) in [7, 11) is 0. The van der Waals surface area contributed by atoms with Gasteiger partial charge in [-0.25, -0.2) is 14.0 Å². The zero-order chi connectivity index (χ0) is 46.1. The van der Waals surface area contributed by atoms with Gasteiger partial charge in [0.1, 0.15) is 6.61 Å². The van der Waals surface area contributed by atoms with Crippen molar-refractivity contribution in [3.8, 4) is 0 Å². The van der Waals surface area contributed by atoms with Crippen molar-refractivity contribution in [3.05, 3.63) is 131 Å². The first-order valence-corrected chi connectivity index (χ1v) is 22.0. The number of anilines is 1. The Balaban J connectivity index is 0.817. The summed E-state index contributed by atoms with van der Waals surface area (Å²) >= 11 is 0. The van der Waals surface area contributed by atoms with Crippen molar-refractivity contribution in [2.75, 3.05) is 18.5 Å². The number of nitrogens with one attached hydrogen (secondary N) is 1. The number of allylic oxidation sites excluding steroid dienone is 4. The molecule has 4 aromatic rings. The second-order valence-electron chi connectivity index (χ2n) is 19.0. The van der Waals surface area contributed by atoms with Crippen molar-refractivity contribution in [1.82, 2.24) is 4.98 Å². The van der Waals surface area contributed by atoms with Gasteiger partial charge in [0, 0.05) is 46.8 Å². The Labute approximate surface area is 375 Å². The van der Waals surface area contributed by atoms with Gasteiger partial charge in [0.2, 0.25) is 11.7 Å². The highest BCUT2D eigenvalue weighted by Gasteiger charge is 2.80. The Bertz CT molecular complexity index is 2670. The zero-order valence-electron chi connectivity index (χ0n) is 36.7. The maximum absolute atomic E-state index is 17.8. The average Bonchev–Trinajstić information content (AvgIpc) is 3.70. The molecule has 0 radical (unpaired) electrons. The van der Waals surface area contributed by atoms with Crippen molar-refractivity contribution >= 4 is 45.9 Å². The first kappa shape index (κ1) is 44.3. The fraction of sp³-hybridized carbons (Fsp3) is 0.412. The first-order valence-electron chi connectivity index (χ1n) is 22.0. The molecule has 3 saturated carbocycles. The second-order valence-corrected chi connectivity index (χ2v) is 19.0. The Hall–Kier alpha value is -5.93. The third kappa shape index (κ3) is 7.22. The molecule has 4 N–H and O–H groups in total. The molecular formula is C51H52FN3O10. The smallest absolute Gasteiger partial charge is 0.338 e. The van der Waals surface area contributed by atoms with E-state index in [1.807, 2.05) is 31.2 Å². The van der Waals surface area contributed by atoms with E-state index in [9.17, 15) is 29.1 Å². The van der Waals surface area contributed by atoms with Crippen LogP contribution in [0.4, 0.5) is 10.1 Å². The summed E-state index contributed by atoms with van der Waals surface area (Å²) in [6.45, 7) is 6.33. The Morgan fingerprint density at radius 1 is 0.938 bits per heavy atom. The predicted molar refractivity (Wildman–Crippen MR) is 236 cm³/mol. The van der Waals surface area contributed by atoms with Crippen LogP contribution in [-0.4, -0.2) is 81.9 Å². The lowest BCUT2D eigenvalue weighted by atomic mass is 9.44. The molecule has 3 aromatic carbocycles. The maximum atomic E-state index is 17.8. The van der Waals surface area contributed by atoms with Gasteiger partial charge in [-0.2, -0.15) is 0 Å². The molecule has 338 valence electrons. The summed E-state index contributed by atoms with van der Waals surface area (Å²) in [5.74, 6) is -5.38. The van der Waals surface area contributed by atoms with E-state index in [-0.39, 0.29) is 42.4 Å². The van der Waals surface area contributed by atoms with Crippen LogP contribution in [0.15, 0.2) is 109 Å². The fourth-order valence-electron chi connectivity index (χ4n) is 11.7.